The number of hydrogen-bond acceptors (Lipinski definition) is 5. The molecule has 180 valence electrons. The summed E-state index contributed by atoms with van der Waals surface area (Å²) in [4.78, 5) is 7.39. The van der Waals surface area contributed by atoms with Gasteiger partial charge in [0.05, 0.1) is 19.3 Å². The third kappa shape index (κ3) is 9.06. The lowest BCUT2D eigenvalue weighted by Crippen LogP contribution is -2.48. The largest absolute Gasteiger partial charge is 0.385 e. The molecule has 1 aromatic carbocycles. The summed E-state index contributed by atoms with van der Waals surface area (Å²) in [5, 5.41) is 7.06. The predicted molar refractivity (Wildman–Crippen MR) is 129 cm³/mol. The Morgan fingerprint density at radius 2 is 1.94 bits per heavy atom. The molecule has 2 aliphatic rings. The fourth-order valence-corrected chi connectivity index (χ4v) is 4.29. The molecule has 0 saturated carbocycles. The second-order valence-corrected chi connectivity index (χ2v) is 8.74. The second kappa shape index (κ2) is 14.5. The number of benzene rings is 1. The summed E-state index contributed by atoms with van der Waals surface area (Å²) >= 11 is 0. The van der Waals surface area contributed by atoms with Crippen LogP contribution in [0.4, 0.5) is 0 Å². The van der Waals surface area contributed by atoms with Crippen molar-refractivity contribution in [1.29, 1.82) is 0 Å². The first-order valence-corrected chi connectivity index (χ1v) is 12.3. The lowest BCUT2D eigenvalue weighted by molar-refractivity contribution is -0.0390. The van der Waals surface area contributed by atoms with Crippen molar-refractivity contribution in [2.24, 2.45) is 4.99 Å². The number of ether oxygens (including phenoxy) is 3. The summed E-state index contributed by atoms with van der Waals surface area (Å²) < 4.78 is 16.7. The molecule has 0 aliphatic carbocycles. The van der Waals surface area contributed by atoms with E-state index in [1.54, 1.807) is 7.11 Å². The van der Waals surface area contributed by atoms with Crippen molar-refractivity contribution < 1.29 is 14.2 Å². The SMILES string of the molecule is CCNC(=NCc1cccc(COC2CCOCC2)c1)NC1CCN(CCCOC)CC1. The van der Waals surface area contributed by atoms with E-state index < -0.39 is 0 Å². The molecule has 2 N–H and O–H groups in total. The van der Waals surface area contributed by atoms with Crippen LogP contribution in [-0.2, 0) is 27.4 Å². The van der Waals surface area contributed by atoms with Gasteiger partial charge < -0.3 is 29.7 Å². The molecule has 2 aliphatic heterocycles. The molecule has 1 aromatic rings. The number of nitrogens with one attached hydrogen (secondary N) is 2. The van der Waals surface area contributed by atoms with Gasteiger partial charge in [-0.1, -0.05) is 24.3 Å². The highest BCUT2D eigenvalue weighted by molar-refractivity contribution is 5.80. The number of piperidine rings is 1. The van der Waals surface area contributed by atoms with Crippen molar-refractivity contribution in [2.75, 3.05) is 53.1 Å². The first-order valence-electron chi connectivity index (χ1n) is 12.3. The van der Waals surface area contributed by atoms with E-state index in [9.17, 15) is 0 Å². The highest BCUT2D eigenvalue weighted by atomic mass is 16.5. The van der Waals surface area contributed by atoms with Gasteiger partial charge in [0, 0.05) is 59.2 Å². The molecule has 0 aromatic heterocycles. The molecule has 2 heterocycles. The van der Waals surface area contributed by atoms with Gasteiger partial charge in [0.25, 0.3) is 0 Å². The summed E-state index contributed by atoms with van der Waals surface area (Å²) in [7, 11) is 1.77. The van der Waals surface area contributed by atoms with Gasteiger partial charge in [-0.3, -0.25) is 0 Å². The Bertz CT molecular complexity index is 671. The van der Waals surface area contributed by atoms with Crippen LogP contribution in [0.25, 0.3) is 0 Å². The van der Waals surface area contributed by atoms with Gasteiger partial charge in [0.1, 0.15) is 0 Å². The predicted octanol–water partition coefficient (Wildman–Crippen LogP) is 2.94. The first-order chi connectivity index (χ1) is 15.8. The first kappa shape index (κ1) is 25.0. The molecule has 3 rings (SSSR count). The Labute approximate surface area is 193 Å². The Morgan fingerprint density at radius 1 is 1.16 bits per heavy atom. The van der Waals surface area contributed by atoms with E-state index in [0.29, 0.717) is 25.3 Å². The lowest BCUT2D eigenvalue weighted by atomic mass is 10.1. The second-order valence-electron chi connectivity index (χ2n) is 8.74. The molecule has 2 saturated heterocycles. The number of methoxy groups -OCH3 is 1. The van der Waals surface area contributed by atoms with Crippen molar-refractivity contribution in [3.8, 4) is 0 Å². The standard InChI is InChI=1S/C25H42N4O3/c1-3-26-25(28-23-8-13-29(14-9-23)12-5-15-30-2)27-19-21-6-4-7-22(18-21)20-32-24-10-16-31-17-11-24/h4,6-7,18,23-24H,3,5,8-17,19-20H2,1-2H3,(H2,26,27,28). The van der Waals surface area contributed by atoms with Crippen LogP contribution < -0.4 is 10.6 Å². The molecule has 0 bridgehead atoms. The highest BCUT2D eigenvalue weighted by Crippen LogP contribution is 2.15. The minimum atomic E-state index is 0.321. The molecule has 7 heteroatoms. The van der Waals surface area contributed by atoms with E-state index in [4.69, 9.17) is 19.2 Å². The van der Waals surface area contributed by atoms with Crippen LogP contribution in [-0.4, -0.2) is 76.1 Å². The molecule has 0 atom stereocenters. The van der Waals surface area contributed by atoms with Crippen LogP contribution in [0.15, 0.2) is 29.3 Å². The topological polar surface area (TPSA) is 67.4 Å². The maximum atomic E-state index is 6.08. The van der Waals surface area contributed by atoms with Gasteiger partial charge in [-0.15, -0.1) is 0 Å². The molecule has 0 spiro atoms. The van der Waals surface area contributed by atoms with Gasteiger partial charge in [0.2, 0.25) is 0 Å². The van der Waals surface area contributed by atoms with E-state index in [0.717, 1.165) is 84.1 Å². The van der Waals surface area contributed by atoms with E-state index in [1.807, 2.05) is 0 Å². The van der Waals surface area contributed by atoms with Gasteiger partial charge in [0.15, 0.2) is 5.96 Å². The van der Waals surface area contributed by atoms with E-state index >= 15 is 0 Å². The van der Waals surface area contributed by atoms with Gasteiger partial charge in [-0.05, 0) is 50.2 Å². The van der Waals surface area contributed by atoms with Gasteiger partial charge in [-0.25, -0.2) is 4.99 Å². The summed E-state index contributed by atoms with van der Waals surface area (Å²) in [6, 6.07) is 9.07. The number of nitrogens with zero attached hydrogens (tertiary/aromatic N) is 2. The van der Waals surface area contributed by atoms with Crippen molar-refractivity contribution in [1.82, 2.24) is 15.5 Å². The molecule has 32 heavy (non-hydrogen) atoms. The molecule has 0 amide bonds. The number of likely N-dealkylation sites (tertiary alicyclic amines) is 1. The molecular formula is C25H42N4O3. The fraction of sp³-hybridized carbons (Fsp3) is 0.720. The smallest absolute Gasteiger partial charge is 0.191 e. The minimum Gasteiger partial charge on any atom is -0.385 e. The zero-order valence-electron chi connectivity index (χ0n) is 20.0. The van der Waals surface area contributed by atoms with Crippen LogP contribution in [0.1, 0.15) is 50.2 Å². The van der Waals surface area contributed by atoms with Crippen LogP contribution in [0, 0.1) is 0 Å². The third-order valence-corrected chi connectivity index (χ3v) is 6.16. The lowest BCUT2D eigenvalue weighted by Gasteiger charge is -2.33. The number of rotatable bonds is 11. The van der Waals surface area contributed by atoms with Crippen molar-refractivity contribution >= 4 is 5.96 Å². The summed E-state index contributed by atoms with van der Waals surface area (Å²) in [5.41, 5.74) is 2.42. The Balaban J connectivity index is 1.45. The average molecular weight is 447 g/mol. The minimum absolute atomic E-state index is 0.321. The molecule has 7 nitrogen and oxygen atoms in total. The zero-order chi connectivity index (χ0) is 22.4. The molecule has 2 fully saturated rings. The fourth-order valence-electron chi connectivity index (χ4n) is 4.29. The normalized spacial score (nSPS) is 19.2. The third-order valence-electron chi connectivity index (χ3n) is 6.16. The maximum Gasteiger partial charge on any atom is 0.191 e. The van der Waals surface area contributed by atoms with Crippen molar-refractivity contribution in [3.63, 3.8) is 0 Å². The molecule has 0 radical (unpaired) electrons. The number of hydrogen-bond donors (Lipinski definition) is 2. The van der Waals surface area contributed by atoms with Crippen molar-refractivity contribution in [2.45, 2.75) is 64.3 Å². The van der Waals surface area contributed by atoms with Crippen molar-refractivity contribution in [3.05, 3.63) is 35.4 Å². The van der Waals surface area contributed by atoms with Gasteiger partial charge >= 0.3 is 0 Å². The maximum absolute atomic E-state index is 6.08. The summed E-state index contributed by atoms with van der Waals surface area (Å²) in [6.45, 7) is 10.2. The highest BCUT2D eigenvalue weighted by Gasteiger charge is 2.19. The quantitative estimate of drug-likeness (QED) is 0.310. The molecule has 0 unspecified atom stereocenters. The Kier molecular flexibility index (Phi) is 11.3. The number of guanidine groups is 1. The van der Waals surface area contributed by atoms with Crippen LogP contribution in [0.3, 0.4) is 0 Å². The zero-order valence-corrected chi connectivity index (χ0v) is 20.0. The Hall–Kier alpha value is -1.67. The molecular weight excluding hydrogens is 404 g/mol. The van der Waals surface area contributed by atoms with Gasteiger partial charge in [-0.2, -0.15) is 0 Å². The summed E-state index contributed by atoms with van der Waals surface area (Å²) in [5.74, 6) is 0.911. The monoisotopic (exact) mass is 446 g/mol. The number of aliphatic imine (C=N–C) groups is 1. The van der Waals surface area contributed by atoms with Crippen LogP contribution in [0.5, 0.6) is 0 Å². The Morgan fingerprint density at radius 3 is 2.69 bits per heavy atom. The average Bonchev–Trinajstić information content (AvgIpc) is 2.83. The van der Waals surface area contributed by atoms with Crippen LogP contribution >= 0.6 is 0 Å². The van der Waals surface area contributed by atoms with E-state index in [-0.39, 0.29) is 0 Å². The van der Waals surface area contributed by atoms with Crippen LogP contribution in [0.2, 0.25) is 0 Å². The van der Waals surface area contributed by atoms with E-state index in [1.165, 1.54) is 11.1 Å². The van der Waals surface area contributed by atoms with E-state index in [2.05, 4.69) is 46.7 Å². The summed E-state index contributed by atoms with van der Waals surface area (Å²) in [6.07, 6.45) is 5.72.